The Kier molecular flexibility index (Phi) is 2.96. The van der Waals surface area contributed by atoms with Crippen molar-refractivity contribution in [2.24, 2.45) is 0 Å². The maximum atomic E-state index is 5.16. The molecule has 0 aromatic carbocycles. The van der Waals surface area contributed by atoms with Gasteiger partial charge >= 0.3 is 0 Å². The molecule has 2 aromatic rings. The zero-order valence-electron chi connectivity index (χ0n) is 9.56. The summed E-state index contributed by atoms with van der Waals surface area (Å²) in [5.74, 6) is 0.509. The van der Waals surface area contributed by atoms with Crippen LogP contribution < -0.4 is 10.1 Å². The van der Waals surface area contributed by atoms with Gasteiger partial charge in [0.2, 0.25) is 5.88 Å². The van der Waals surface area contributed by atoms with Crippen molar-refractivity contribution in [3.63, 3.8) is 0 Å². The van der Waals surface area contributed by atoms with Crippen molar-refractivity contribution in [2.45, 2.75) is 13.0 Å². The van der Waals surface area contributed by atoms with Crippen molar-refractivity contribution in [1.29, 1.82) is 0 Å². The molecule has 2 rings (SSSR count). The van der Waals surface area contributed by atoms with E-state index in [9.17, 15) is 0 Å². The molecule has 1 atom stereocenters. The predicted molar refractivity (Wildman–Crippen MR) is 61.4 cm³/mol. The average molecular weight is 218 g/mol. The van der Waals surface area contributed by atoms with Gasteiger partial charge in [-0.1, -0.05) is 0 Å². The van der Waals surface area contributed by atoms with E-state index < -0.39 is 0 Å². The van der Waals surface area contributed by atoms with Gasteiger partial charge < -0.3 is 10.1 Å². The number of rotatable bonds is 3. The highest BCUT2D eigenvalue weighted by atomic mass is 16.5. The molecule has 0 aliphatic rings. The fourth-order valence-electron chi connectivity index (χ4n) is 1.58. The van der Waals surface area contributed by atoms with Crippen LogP contribution in [0.2, 0.25) is 0 Å². The number of fused-ring (bicyclic) bond motifs is 1. The van der Waals surface area contributed by atoms with Crippen molar-refractivity contribution < 1.29 is 4.74 Å². The SMILES string of the molecule is CNC(C)c1cnc(OC)c2nccnc12. The van der Waals surface area contributed by atoms with E-state index in [1.807, 2.05) is 7.05 Å². The lowest BCUT2D eigenvalue weighted by molar-refractivity contribution is 0.402. The summed E-state index contributed by atoms with van der Waals surface area (Å²) in [6.45, 7) is 2.05. The number of methoxy groups -OCH3 is 1. The van der Waals surface area contributed by atoms with Crippen molar-refractivity contribution in [3.8, 4) is 5.88 Å². The van der Waals surface area contributed by atoms with E-state index in [0.717, 1.165) is 11.1 Å². The molecule has 2 aromatic heterocycles. The van der Waals surface area contributed by atoms with E-state index in [2.05, 4.69) is 27.2 Å². The third-order valence-electron chi connectivity index (χ3n) is 2.59. The Morgan fingerprint density at radius 3 is 2.50 bits per heavy atom. The van der Waals surface area contributed by atoms with Crippen LogP contribution in [-0.4, -0.2) is 29.1 Å². The molecule has 0 spiro atoms. The Hall–Kier alpha value is -1.75. The van der Waals surface area contributed by atoms with Gasteiger partial charge in [0.05, 0.1) is 7.11 Å². The lowest BCUT2D eigenvalue weighted by atomic mass is 10.1. The number of nitrogens with one attached hydrogen (secondary N) is 1. The van der Waals surface area contributed by atoms with Crippen molar-refractivity contribution in [1.82, 2.24) is 20.3 Å². The van der Waals surface area contributed by atoms with E-state index >= 15 is 0 Å². The minimum absolute atomic E-state index is 0.178. The van der Waals surface area contributed by atoms with Crippen LogP contribution in [0.25, 0.3) is 11.0 Å². The minimum atomic E-state index is 0.178. The maximum Gasteiger partial charge on any atom is 0.241 e. The van der Waals surface area contributed by atoms with Gasteiger partial charge in [0.15, 0.2) is 5.52 Å². The van der Waals surface area contributed by atoms with E-state index in [0.29, 0.717) is 11.4 Å². The van der Waals surface area contributed by atoms with Crippen LogP contribution in [0.4, 0.5) is 0 Å². The van der Waals surface area contributed by atoms with Crippen LogP contribution in [-0.2, 0) is 0 Å². The molecule has 0 radical (unpaired) electrons. The van der Waals surface area contributed by atoms with E-state index in [1.54, 1.807) is 25.7 Å². The Labute approximate surface area is 93.9 Å². The van der Waals surface area contributed by atoms with E-state index in [1.165, 1.54) is 0 Å². The monoisotopic (exact) mass is 218 g/mol. The molecular weight excluding hydrogens is 204 g/mol. The summed E-state index contributed by atoms with van der Waals surface area (Å²) in [6.07, 6.45) is 5.09. The van der Waals surface area contributed by atoms with Crippen LogP contribution >= 0.6 is 0 Å². The van der Waals surface area contributed by atoms with Gasteiger partial charge in [-0.05, 0) is 14.0 Å². The van der Waals surface area contributed by atoms with Crippen molar-refractivity contribution >= 4 is 11.0 Å². The second-order valence-electron chi connectivity index (χ2n) is 3.49. The first kappa shape index (κ1) is 10.8. The molecular formula is C11H14N4O. The number of aromatic nitrogens is 3. The summed E-state index contributed by atoms with van der Waals surface area (Å²) in [6, 6.07) is 0.178. The van der Waals surface area contributed by atoms with Gasteiger partial charge in [-0.3, -0.25) is 4.98 Å². The van der Waals surface area contributed by atoms with E-state index in [-0.39, 0.29) is 6.04 Å². The first-order chi connectivity index (χ1) is 7.77. The smallest absolute Gasteiger partial charge is 0.241 e. The van der Waals surface area contributed by atoms with Gasteiger partial charge in [-0.25, -0.2) is 9.97 Å². The molecule has 2 heterocycles. The number of hydrogen-bond acceptors (Lipinski definition) is 5. The molecule has 84 valence electrons. The number of pyridine rings is 1. The molecule has 1 N–H and O–H groups in total. The summed E-state index contributed by atoms with van der Waals surface area (Å²) >= 11 is 0. The van der Waals surface area contributed by atoms with Gasteiger partial charge in [-0.2, -0.15) is 0 Å². The first-order valence-electron chi connectivity index (χ1n) is 5.08. The Morgan fingerprint density at radius 1 is 1.19 bits per heavy atom. The number of nitrogens with zero attached hydrogens (tertiary/aromatic N) is 3. The predicted octanol–water partition coefficient (Wildman–Crippen LogP) is 1.31. The lowest BCUT2D eigenvalue weighted by Gasteiger charge is -2.13. The third kappa shape index (κ3) is 1.69. The van der Waals surface area contributed by atoms with Gasteiger partial charge in [-0.15, -0.1) is 0 Å². The van der Waals surface area contributed by atoms with Crippen molar-refractivity contribution in [2.75, 3.05) is 14.2 Å². The zero-order valence-corrected chi connectivity index (χ0v) is 9.56. The molecule has 16 heavy (non-hydrogen) atoms. The molecule has 0 amide bonds. The van der Waals surface area contributed by atoms with Crippen molar-refractivity contribution in [3.05, 3.63) is 24.2 Å². The van der Waals surface area contributed by atoms with E-state index in [4.69, 9.17) is 4.74 Å². The zero-order chi connectivity index (χ0) is 11.5. The fraction of sp³-hybridized carbons (Fsp3) is 0.364. The fourth-order valence-corrected chi connectivity index (χ4v) is 1.58. The van der Waals surface area contributed by atoms with Crippen LogP contribution in [0, 0.1) is 0 Å². The summed E-state index contributed by atoms with van der Waals surface area (Å²) in [4.78, 5) is 12.8. The van der Waals surface area contributed by atoms with Crippen LogP contribution in [0.15, 0.2) is 18.6 Å². The highest BCUT2D eigenvalue weighted by Crippen LogP contribution is 2.25. The number of ether oxygens (including phenoxy) is 1. The molecule has 0 bridgehead atoms. The average Bonchev–Trinajstić information content (AvgIpc) is 2.36. The second-order valence-corrected chi connectivity index (χ2v) is 3.49. The molecule has 0 aliphatic carbocycles. The summed E-state index contributed by atoms with van der Waals surface area (Å²) < 4.78 is 5.16. The molecule has 0 aliphatic heterocycles. The maximum absolute atomic E-state index is 5.16. The molecule has 1 unspecified atom stereocenters. The molecule has 5 heteroatoms. The summed E-state index contributed by atoms with van der Waals surface area (Å²) in [5.41, 5.74) is 2.55. The first-order valence-corrected chi connectivity index (χ1v) is 5.08. The lowest BCUT2D eigenvalue weighted by Crippen LogP contribution is -2.13. The number of hydrogen-bond donors (Lipinski definition) is 1. The molecule has 0 saturated heterocycles. The minimum Gasteiger partial charge on any atom is -0.479 e. The van der Waals surface area contributed by atoms with Crippen LogP contribution in [0.5, 0.6) is 5.88 Å². The van der Waals surface area contributed by atoms with Gasteiger partial charge in [0.1, 0.15) is 5.52 Å². The molecule has 0 fully saturated rings. The topological polar surface area (TPSA) is 59.9 Å². The van der Waals surface area contributed by atoms with Gasteiger partial charge in [0, 0.05) is 30.2 Å². The van der Waals surface area contributed by atoms with Gasteiger partial charge in [0.25, 0.3) is 0 Å². The van der Waals surface area contributed by atoms with Crippen LogP contribution in [0.3, 0.4) is 0 Å². The normalized spacial score (nSPS) is 12.7. The standard InChI is InChI=1S/C11H14N4O/c1-7(12-2)8-6-15-11(16-3)10-9(8)13-4-5-14-10/h4-7,12H,1-3H3. The quantitative estimate of drug-likeness (QED) is 0.841. The molecule has 5 nitrogen and oxygen atoms in total. The summed E-state index contributed by atoms with van der Waals surface area (Å²) in [5, 5.41) is 3.16. The highest BCUT2D eigenvalue weighted by molar-refractivity contribution is 5.82. The second kappa shape index (κ2) is 4.40. The Morgan fingerprint density at radius 2 is 1.88 bits per heavy atom. The Balaban J connectivity index is 2.69. The van der Waals surface area contributed by atoms with Crippen LogP contribution in [0.1, 0.15) is 18.5 Å². The Bertz CT molecular complexity index is 500. The highest BCUT2D eigenvalue weighted by Gasteiger charge is 2.13. The molecule has 0 saturated carbocycles. The largest absolute Gasteiger partial charge is 0.479 e. The summed E-state index contributed by atoms with van der Waals surface area (Å²) in [7, 11) is 3.48. The third-order valence-corrected chi connectivity index (χ3v) is 2.59.